The Morgan fingerprint density at radius 2 is 1.10 bits per heavy atom. The molecule has 0 spiro atoms. The standard InChI is InChI=1S/C18H15S.C8H8F2O3S.C5H4F3NO5S/c1-4-10-16(11-5-1)19(17-12-6-2-7-13-17)18-14-8-3-9-15-18;9-4-6-1-2-8(14(11,12)13)7(3-6)5-10;6-5(7,8)15(12,13)14-9-3(10)1-2-4(9)11/h1-15H;1-3H,4-5H2,(H,11,12,13);1-2H2/q+1;;/p-1. The molecular weight excluding hydrogens is 706 g/mol. The predicted molar refractivity (Wildman–Crippen MR) is 163 cm³/mol. The summed E-state index contributed by atoms with van der Waals surface area (Å²) in [6.07, 6.45) is -0.738. The molecule has 9 nitrogen and oxygen atoms in total. The Balaban J connectivity index is 0.000000199. The minimum absolute atomic E-state index is 0.0146. The highest BCUT2D eigenvalue weighted by molar-refractivity contribution is 7.97. The van der Waals surface area contributed by atoms with E-state index in [1.165, 1.54) is 14.7 Å². The molecule has 0 atom stereocenters. The molecule has 1 fully saturated rings. The lowest BCUT2D eigenvalue weighted by molar-refractivity contribution is -0.166. The van der Waals surface area contributed by atoms with E-state index in [0.717, 1.165) is 18.2 Å². The van der Waals surface area contributed by atoms with Crippen molar-refractivity contribution in [3.8, 4) is 0 Å². The molecule has 1 heterocycles. The van der Waals surface area contributed by atoms with Crippen molar-refractivity contribution in [3.63, 3.8) is 0 Å². The smallest absolute Gasteiger partial charge is 0.525 e. The second kappa shape index (κ2) is 16.8. The normalized spacial score (nSPS) is 13.4. The number of nitrogens with zero attached hydrogens (tertiary/aromatic N) is 1. The highest BCUT2D eigenvalue weighted by Crippen LogP contribution is 2.31. The molecule has 1 aliphatic rings. The van der Waals surface area contributed by atoms with Gasteiger partial charge in [-0.05, 0) is 54.1 Å². The van der Waals surface area contributed by atoms with E-state index >= 15 is 0 Å². The van der Waals surface area contributed by atoms with Gasteiger partial charge in [-0.2, -0.15) is 21.6 Å². The van der Waals surface area contributed by atoms with Crippen LogP contribution in [0.3, 0.4) is 0 Å². The largest absolute Gasteiger partial charge is 0.744 e. The van der Waals surface area contributed by atoms with Crippen LogP contribution < -0.4 is 0 Å². The van der Waals surface area contributed by atoms with Crippen LogP contribution in [-0.4, -0.2) is 43.8 Å². The molecule has 256 valence electrons. The third-order valence-corrected chi connectivity index (χ3v) is 10.2. The molecule has 48 heavy (non-hydrogen) atoms. The van der Waals surface area contributed by atoms with E-state index in [1.807, 2.05) is 0 Å². The molecule has 0 saturated carbocycles. The molecule has 0 unspecified atom stereocenters. The minimum Gasteiger partial charge on any atom is -0.744 e. The van der Waals surface area contributed by atoms with Gasteiger partial charge in [0, 0.05) is 18.4 Å². The van der Waals surface area contributed by atoms with Gasteiger partial charge in [0.2, 0.25) is 0 Å². The Hall–Kier alpha value is -4.16. The second-order valence-electron chi connectivity index (χ2n) is 9.47. The molecule has 2 amide bonds. The lowest BCUT2D eigenvalue weighted by Crippen LogP contribution is -2.37. The maximum absolute atomic E-state index is 12.3. The first kappa shape index (κ1) is 38.3. The number of rotatable bonds is 8. The van der Waals surface area contributed by atoms with Crippen molar-refractivity contribution in [2.45, 2.75) is 51.3 Å². The van der Waals surface area contributed by atoms with Crippen LogP contribution in [0.2, 0.25) is 0 Å². The fourth-order valence-electron chi connectivity index (χ4n) is 3.92. The topological polar surface area (TPSA) is 138 Å². The molecule has 0 aliphatic carbocycles. The van der Waals surface area contributed by atoms with Gasteiger partial charge in [-0.15, -0.1) is 9.35 Å². The van der Waals surface area contributed by atoms with Gasteiger partial charge >= 0.3 is 15.6 Å². The highest BCUT2D eigenvalue weighted by atomic mass is 32.2. The number of halogens is 5. The van der Waals surface area contributed by atoms with Crippen LogP contribution in [0.5, 0.6) is 0 Å². The van der Waals surface area contributed by atoms with Gasteiger partial charge < -0.3 is 4.55 Å². The summed E-state index contributed by atoms with van der Waals surface area (Å²) < 4.78 is 116. The Morgan fingerprint density at radius 1 is 0.688 bits per heavy atom. The van der Waals surface area contributed by atoms with Crippen LogP contribution in [0, 0.1) is 0 Å². The van der Waals surface area contributed by atoms with Gasteiger partial charge in [0.15, 0.2) is 14.7 Å². The molecule has 0 aromatic heterocycles. The fraction of sp³-hybridized carbons (Fsp3) is 0.161. The number of alkyl halides is 5. The highest BCUT2D eigenvalue weighted by Gasteiger charge is 2.51. The summed E-state index contributed by atoms with van der Waals surface area (Å²) in [7, 11) is -10.7. The Bertz CT molecular complexity index is 1790. The van der Waals surface area contributed by atoms with E-state index < -0.39 is 55.8 Å². The van der Waals surface area contributed by atoms with Crippen molar-refractivity contribution < 1.29 is 57.2 Å². The first-order valence-corrected chi connectivity index (χ1v) is 17.6. The molecule has 5 rings (SSSR count). The maximum atomic E-state index is 12.3. The lowest BCUT2D eigenvalue weighted by atomic mass is 10.1. The summed E-state index contributed by atoms with van der Waals surface area (Å²) in [5.41, 5.74) is -5.82. The molecule has 17 heteroatoms. The van der Waals surface area contributed by atoms with Crippen molar-refractivity contribution in [3.05, 3.63) is 120 Å². The summed E-state index contributed by atoms with van der Waals surface area (Å²) >= 11 is 0. The summed E-state index contributed by atoms with van der Waals surface area (Å²) in [5.74, 6) is -2.24. The van der Waals surface area contributed by atoms with E-state index in [0.29, 0.717) is 0 Å². The average Bonchev–Trinajstić information content (AvgIpc) is 3.37. The van der Waals surface area contributed by atoms with Crippen molar-refractivity contribution in [1.29, 1.82) is 0 Å². The van der Waals surface area contributed by atoms with E-state index in [-0.39, 0.29) is 39.9 Å². The number of imide groups is 1. The lowest BCUT2D eigenvalue weighted by Gasteiger charge is -2.13. The molecule has 4 aromatic rings. The zero-order valence-corrected chi connectivity index (χ0v) is 27.0. The number of carbonyl (C=O) groups excluding carboxylic acids is 2. The number of benzene rings is 4. The quantitative estimate of drug-likeness (QED) is 0.0684. The van der Waals surface area contributed by atoms with Crippen molar-refractivity contribution in [2.75, 3.05) is 0 Å². The number of amides is 2. The van der Waals surface area contributed by atoms with Crippen molar-refractivity contribution >= 4 is 42.9 Å². The third-order valence-electron chi connectivity index (χ3n) is 6.09. The van der Waals surface area contributed by atoms with Crippen LogP contribution in [0.25, 0.3) is 0 Å². The summed E-state index contributed by atoms with van der Waals surface area (Å²) in [6.45, 7) is -1.93. The first-order valence-electron chi connectivity index (χ1n) is 13.5. The molecular formula is C31H26F5NO8S3. The number of carbonyl (C=O) groups is 2. The zero-order valence-electron chi connectivity index (χ0n) is 24.5. The number of hydrogen-bond acceptors (Lipinski definition) is 8. The zero-order chi connectivity index (χ0) is 35.5. The Morgan fingerprint density at radius 3 is 1.44 bits per heavy atom. The summed E-state index contributed by atoms with van der Waals surface area (Å²) in [6, 6.07) is 35.3. The SMILES string of the molecule is O=C1CCC(=O)N1OS(=O)(=O)C(F)(F)F.O=S(=O)([O-])c1ccc(CF)cc1CF.c1ccc([S+](c2ccccc2)c2ccccc2)cc1. The second-order valence-corrected chi connectivity index (χ2v) is 14.4. The van der Waals surface area contributed by atoms with Gasteiger partial charge in [-0.3, -0.25) is 9.59 Å². The first-order chi connectivity index (χ1) is 22.6. The summed E-state index contributed by atoms with van der Waals surface area (Å²) in [4.78, 5) is 24.9. The van der Waals surface area contributed by atoms with E-state index in [1.54, 1.807) is 0 Å². The van der Waals surface area contributed by atoms with Crippen molar-refractivity contribution in [1.82, 2.24) is 5.06 Å². The predicted octanol–water partition coefficient (Wildman–Crippen LogP) is 6.23. The Kier molecular flexibility index (Phi) is 13.4. The number of hydrogen-bond donors (Lipinski definition) is 0. The van der Waals surface area contributed by atoms with Crippen LogP contribution in [-0.2, 0) is 58.4 Å². The average molecular weight is 732 g/mol. The van der Waals surface area contributed by atoms with Crippen LogP contribution in [0.1, 0.15) is 24.0 Å². The third kappa shape index (κ3) is 10.4. The van der Waals surface area contributed by atoms with Crippen LogP contribution >= 0.6 is 0 Å². The summed E-state index contributed by atoms with van der Waals surface area (Å²) in [5, 5.41) is -0.386. The Labute approximate surface area is 276 Å². The molecule has 1 aliphatic heterocycles. The van der Waals surface area contributed by atoms with Gasteiger partial charge in [-0.25, -0.2) is 17.2 Å². The van der Waals surface area contributed by atoms with Crippen LogP contribution in [0.15, 0.2) is 129 Å². The van der Waals surface area contributed by atoms with Gasteiger partial charge in [0.1, 0.15) is 23.5 Å². The van der Waals surface area contributed by atoms with E-state index in [9.17, 15) is 52.9 Å². The molecule has 4 aromatic carbocycles. The molecule has 0 bridgehead atoms. The van der Waals surface area contributed by atoms with Crippen LogP contribution in [0.4, 0.5) is 22.0 Å². The van der Waals surface area contributed by atoms with Gasteiger partial charge in [0.05, 0.1) is 15.8 Å². The maximum Gasteiger partial charge on any atom is 0.525 e. The molecule has 0 N–H and O–H groups in total. The van der Waals surface area contributed by atoms with E-state index in [2.05, 4.69) is 95.3 Å². The number of hydroxylamine groups is 2. The molecule has 0 radical (unpaired) electrons. The van der Waals surface area contributed by atoms with Crippen molar-refractivity contribution in [2.24, 2.45) is 0 Å². The van der Waals surface area contributed by atoms with Gasteiger partial charge in [-0.1, -0.05) is 60.7 Å². The molecule has 1 saturated heterocycles. The van der Waals surface area contributed by atoms with Gasteiger partial charge in [0.25, 0.3) is 11.8 Å². The monoisotopic (exact) mass is 731 g/mol. The minimum atomic E-state index is -5.96. The fourth-order valence-corrected chi connectivity index (χ4v) is 7.14. The van der Waals surface area contributed by atoms with E-state index in [4.69, 9.17) is 0 Å².